The molecule has 2 aliphatic rings. The minimum absolute atomic E-state index is 0.0298. The van der Waals surface area contributed by atoms with E-state index in [1.165, 1.54) is 12.8 Å². The Hall–Kier alpha value is -0.210. The van der Waals surface area contributed by atoms with Crippen LogP contribution in [-0.2, 0) is 10.2 Å². The van der Waals surface area contributed by atoms with Crippen molar-refractivity contribution in [3.63, 3.8) is 0 Å². The van der Waals surface area contributed by atoms with Crippen LogP contribution < -0.4 is 10.0 Å². The molecule has 0 aliphatic carbocycles. The molecule has 124 valence electrons. The van der Waals surface area contributed by atoms with Crippen LogP contribution in [0.3, 0.4) is 0 Å². The maximum absolute atomic E-state index is 12.5. The standard InChI is InChI=1S/C14H30N4O2S/c1-13(11-17-7-3-4-8-17)16-21(19,20)18-9-5-6-14(12-18)10-15-2/h13-16H,3-12H2,1-2H3. The van der Waals surface area contributed by atoms with E-state index in [9.17, 15) is 8.42 Å². The van der Waals surface area contributed by atoms with Gasteiger partial charge in [-0.3, -0.25) is 0 Å². The van der Waals surface area contributed by atoms with E-state index in [0.717, 1.165) is 39.0 Å². The Kier molecular flexibility index (Phi) is 6.43. The summed E-state index contributed by atoms with van der Waals surface area (Å²) in [7, 11) is -1.43. The predicted octanol–water partition coefficient (Wildman–Crippen LogP) is 0.237. The highest BCUT2D eigenvalue weighted by atomic mass is 32.2. The average Bonchev–Trinajstić information content (AvgIpc) is 2.91. The SMILES string of the molecule is CNCC1CCCN(S(=O)(=O)NC(C)CN2CCCC2)C1. The van der Waals surface area contributed by atoms with Crippen molar-refractivity contribution in [1.29, 1.82) is 0 Å². The summed E-state index contributed by atoms with van der Waals surface area (Å²) in [5.41, 5.74) is 0. The second kappa shape index (κ2) is 7.87. The molecule has 2 saturated heterocycles. The van der Waals surface area contributed by atoms with E-state index in [0.29, 0.717) is 19.0 Å². The zero-order valence-corrected chi connectivity index (χ0v) is 14.2. The molecule has 2 N–H and O–H groups in total. The van der Waals surface area contributed by atoms with E-state index in [1.807, 2.05) is 14.0 Å². The third kappa shape index (κ3) is 5.17. The Morgan fingerprint density at radius 1 is 1.19 bits per heavy atom. The van der Waals surface area contributed by atoms with Gasteiger partial charge in [-0.1, -0.05) is 0 Å². The van der Waals surface area contributed by atoms with Crippen molar-refractivity contribution < 1.29 is 8.42 Å². The molecule has 0 bridgehead atoms. The van der Waals surface area contributed by atoms with Crippen LogP contribution in [0.1, 0.15) is 32.6 Å². The van der Waals surface area contributed by atoms with Crippen molar-refractivity contribution in [2.45, 2.75) is 38.6 Å². The molecule has 0 radical (unpaired) electrons. The highest BCUT2D eigenvalue weighted by molar-refractivity contribution is 7.87. The summed E-state index contributed by atoms with van der Waals surface area (Å²) in [4.78, 5) is 2.34. The Balaban J connectivity index is 1.84. The van der Waals surface area contributed by atoms with Crippen LogP contribution in [-0.4, -0.2) is 70.0 Å². The summed E-state index contributed by atoms with van der Waals surface area (Å²) >= 11 is 0. The number of likely N-dealkylation sites (tertiary alicyclic amines) is 1. The fourth-order valence-electron chi connectivity index (χ4n) is 3.42. The molecule has 0 aromatic rings. The van der Waals surface area contributed by atoms with Crippen molar-refractivity contribution in [3.8, 4) is 0 Å². The molecule has 2 atom stereocenters. The molecule has 0 aromatic heterocycles. The molecule has 0 amide bonds. The van der Waals surface area contributed by atoms with E-state index in [4.69, 9.17) is 0 Å². The molecular weight excluding hydrogens is 288 g/mol. The van der Waals surface area contributed by atoms with E-state index in [1.54, 1.807) is 4.31 Å². The first-order valence-corrected chi connectivity index (χ1v) is 9.59. The van der Waals surface area contributed by atoms with E-state index >= 15 is 0 Å². The van der Waals surface area contributed by atoms with Gasteiger partial charge in [-0.05, 0) is 65.2 Å². The van der Waals surface area contributed by atoms with Crippen molar-refractivity contribution >= 4 is 10.2 Å². The first-order valence-electron chi connectivity index (χ1n) is 8.15. The fourth-order valence-corrected chi connectivity index (χ4v) is 4.93. The van der Waals surface area contributed by atoms with Crippen molar-refractivity contribution in [2.75, 3.05) is 46.3 Å². The van der Waals surface area contributed by atoms with E-state index in [-0.39, 0.29) is 6.04 Å². The van der Waals surface area contributed by atoms with Crippen LogP contribution >= 0.6 is 0 Å². The van der Waals surface area contributed by atoms with Gasteiger partial charge in [-0.2, -0.15) is 17.4 Å². The van der Waals surface area contributed by atoms with Gasteiger partial charge in [0.1, 0.15) is 0 Å². The number of hydrogen-bond acceptors (Lipinski definition) is 4. The molecule has 0 spiro atoms. The van der Waals surface area contributed by atoms with Crippen LogP contribution in [0.2, 0.25) is 0 Å². The van der Waals surface area contributed by atoms with Crippen LogP contribution in [0.4, 0.5) is 0 Å². The normalized spacial score (nSPS) is 27.0. The lowest BCUT2D eigenvalue weighted by Gasteiger charge is -2.33. The van der Waals surface area contributed by atoms with Gasteiger partial charge in [-0.15, -0.1) is 0 Å². The Bertz CT molecular complexity index is 407. The maximum atomic E-state index is 12.5. The summed E-state index contributed by atoms with van der Waals surface area (Å²) in [5, 5.41) is 3.15. The molecular formula is C14H30N4O2S. The fraction of sp³-hybridized carbons (Fsp3) is 1.00. The van der Waals surface area contributed by atoms with Gasteiger partial charge < -0.3 is 10.2 Å². The molecule has 2 aliphatic heterocycles. The number of nitrogens with zero attached hydrogens (tertiary/aromatic N) is 2. The highest BCUT2D eigenvalue weighted by Crippen LogP contribution is 2.18. The second-order valence-corrected chi connectivity index (χ2v) is 8.16. The number of hydrogen-bond donors (Lipinski definition) is 2. The lowest BCUT2D eigenvalue weighted by molar-refractivity contribution is 0.256. The quantitative estimate of drug-likeness (QED) is 0.706. The molecule has 2 fully saturated rings. The lowest BCUT2D eigenvalue weighted by Crippen LogP contribution is -2.51. The second-order valence-electron chi connectivity index (χ2n) is 6.46. The smallest absolute Gasteiger partial charge is 0.279 e. The van der Waals surface area contributed by atoms with Gasteiger partial charge in [0.05, 0.1) is 0 Å². The van der Waals surface area contributed by atoms with E-state index < -0.39 is 10.2 Å². The molecule has 21 heavy (non-hydrogen) atoms. The van der Waals surface area contributed by atoms with Gasteiger partial charge in [0.15, 0.2) is 0 Å². The first-order chi connectivity index (χ1) is 10.0. The maximum Gasteiger partial charge on any atom is 0.279 e. The lowest BCUT2D eigenvalue weighted by atomic mass is 10.00. The van der Waals surface area contributed by atoms with Crippen molar-refractivity contribution in [3.05, 3.63) is 0 Å². The van der Waals surface area contributed by atoms with Crippen LogP contribution in [0, 0.1) is 5.92 Å². The van der Waals surface area contributed by atoms with Crippen molar-refractivity contribution in [1.82, 2.24) is 19.2 Å². The summed E-state index contributed by atoms with van der Waals surface area (Å²) in [6, 6.07) is -0.0298. The molecule has 2 heterocycles. The van der Waals surface area contributed by atoms with Gasteiger partial charge in [0, 0.05) is 25.7 Å². The first kappa shape index (κ1) is 17.1. The largest absolute Gasteiger partial charge is 0.319 e. The third-order valence-corrected chi connectivity index (χ3v) is 6.11. The predicted molar refractivity (Wildman–Crippen MR) is 85.4 cm³/mol. The van der Waals surface area contributed by atoms with Gasteiger partial charge in [0.25, 0.3) is 10.2 Å². The van der Waals surface area contributed by atoms with Gasteiger partial charge >= 0.3 is 0 Å². The topological polar surface area (TPSA) is 64.7 Å². The number of nitrogens with one attached hydrogen (secondary N) is 2. The molecule has 2 unspecified atom stereocenters. The van der Waals surface area contributed by atoms with Crippen LogP contribution in [0.5, 0.6) is 0 Å². The molecule has 0 aromatic carbocycles. The summed E-state index contributed by atoms with van der Waals surface area (Å²) in [6.07, 6.45) is 4.53. The summed E-state index contributed by atoms with van der Waals surface area (Å²) < 4.78 is 29.5. The van der Waals surface area contributed by atoms with Crippen LogP contribution in [0.25, 0.3) is 0 Å². The molecule has 2 rings (SSSR count). The zero-order chi connectivity index (χ0) is 15.3. The van der Waals surface area contributed by atoms with E-state index in [2.05, 4.69) is 14.9 Å². The minimum Gasteiger partial charge on any atom is -0.319 e. The van der Waals surface area contributed by atoms with Gasteiger partial charge in [-0.25, -0.2) is 0 Å². The number of rotatable bonds is 7. The Labute approximate surface area is 129 Å². The Morgan fingerprint density at radius 2 is 1.90 bits per heavy atom. The summed E-state index contributed by atoms with van der Waals surface area (Å²) in [5.74, 6) is 0.425. The highest BCUT2D eigenvalue weighted by Gasteiger charge is 2.30. The third-order valence-electron chi connectivity index (χ3n) is 4.40. The van der Waals surface area contributed by atoms with Crippen molar-refractivity contribution in [2.24, 2.45) is 5.92 Å². The van der Waals surface area contributed by atoms with Crippen LogP contribution in [0.15, 0.2) is 0 Å². The monoisotopic (exact) mass is 318 g/mol. The molecule has 0 saturated carbocycles. The number of piperidine rings is 1. The minimum atomic E-state index is -3.35. The average molecular weight is 318 g/mol. The molecule has 7 heteroatoms. The molecule has 6 nitrogen and oxygen atoms in total. The summed E-state index contributed by atoms with van der Waals surface area (Å²) in [6.45, 7) is 7.13. The van der Waals surface area contributed by atoms with Gasteiger partial charge in [0.2, 0.25) is 0 Å². The Morgan fingerprint density at radius 3 is 2.57 bits per heavy atom. The zero-order valence-electron chi connectivity index (χ0n) is 13.3.